The van der Waals surface area contributed by atoms with Crippen LogP contribution >= 0.6 is 7.82 Å². The first-order chi connectivity index (χ1) is 26.6. The number of phosphoric ester groups is 1. The molecule has 55 heavy (non-hydrogen) atoms. The van der Waals surface area contributed by atoms with Crippen molar-refractivity contribution >= 4 is 25.7 Å². The average Bonchev–Trinajstić information content (AvgIpc) is 3.16. The van der Waals surface area contributed by atoms with Crippen molar-refractivity contribution in [2.24, 2.45) is 5.73 Å². The van der Waals surface area contributed by atoms with Gasteiger partial charge in [0, 0.05) is 12.8 Å². The van der Waals surface area contributed by atoms with E-state index in [9.17, 15) is 23.8 Å². The van der Waals surface area contributed by atoms with Gasteiger partial charge in [0.2, 0.25) is 0 Å². The molecule has 12 heteroatoms. The highest BCUT2D eigenvalue weighted by molar-refractivity contribution is 7.47. The second kappa shape index (κ2) is 38.8. The zero-order chi connectivity index (χ0) is 40.7. The molecule has 0 fully saturated rings. The topological polar surface area (TPSA) is 172 Å². The van der Waals surface area contributed by atoms with Crippen LogP contribution in [0.15, 0.2) is 24.3 Å². The van der Waals surface area contributed by atoms with Crippen LogP contribution in [0.25, 0.3) is 0 Å². The van der Waals surface area contributed by atoms with Gasteiger partial charge in [-0.3, -0.25) is 23.4 Å². The number of carbonyl (C=O) groups excluding carboxylic acids is 2. The maximum Gasteiger partial charge on any atom is 0.472 e. The second-order valence-corrected chi connectivity index (χ2v) is 16.3. The number of carbonyl (C=O) groups is 3. The van der Waals surface area contributed by atoms with Crippen LogP contribution in [0, 0.1) is 0 Å². The number of unbranched alkanes of at least 4 members (excludes halogenated alkanes) is 23. The van der Waals surface area contributed by atoms with E-state index in [1.165, 1.54) is 103 Å². The number of carboxylic acids is 1. The molecule has 0 saturated heterocycles. The maximum atomic E-state index is 12.6. The summed E-state index contributed by atoms with van der Waals surface area (Å²) in [4.78, 5) is 45.9. The Morgan fingerprint density at radius 3 is 1.35 bits per heavy atom. The maximum absolute atomic E-state index is 12.6. The summed E-state index contributed by atoms with van der Waals surface area (Å²) in [6.45, 7) is 2.78. The van der Waals surface area contributed by atoms with Gasteiger partial charge in [-0.15, -0.1) is 0 Å². The minimum Gasteiger partial charge on any atom is -0.480 e. The van der Waals surface area contributed by atoms with Crippen LogP contribution in [0.3, 0.4) is 0 Å². The van der Waals surface area contributed by atoms with Crippen molar-refractivity contribution < 1.29 is 47.5 Å². The van der Waals surface area contributed by atoms with Crippen molar-refractivity contribution in [2.45, 2.75) is 212 Å². The number of aliphatic carboxylic acids is 1. The van der Waals surface area contributed by atoms with Gasteiger partial charge in [-0.2, -0.15) is 0 Å². The fourth-order valence-electron chi connectivity index (χ4n) is 5.94. The SMILES string of the molecule is CCCCCC/C=C/CCCCCCCCCCCC(=O)O[C@H](COC(=O)CCCCCCC/C=C/CCCCCCC)COP(=O)(O)OC[C@H](N)C(=O)O. The lowest BCUT2D eigenvalue weighted by Gasteiger charge is -2.20. The fraction of sp³-hybridized carbons (Fsp3) is 0.837. The first-order valence-corrected chi connectivity index (χ1v) is 23.4. The fourth-order valence-corrected chi connectivity index (χ4v) is 6.71. The summed E-state index contributed by atoms with van der Waals surface area (Å²) >= 11 is 0. The minimum absolute atomic E-state index is 0.159. The molecule has 0 bridgehead atoms. The van der Waals surface area contributed by atoms with Gasteiger partial charge in [-0.1, -0.05) is 147 Å². The van der Waals surface area contributed by atoms with Crippen molar-refractivity contribution in [2.75, 3.05) is 19.8 Å². The summed E-state index contributed by atoms with van der Waals surface area (Å²) in [6.07, 6.45) is 39.5. The number of ether oxygens (including phenoxy) is 2. The van der Waals surface area contributed by atoms with Crippen molar-refractivity contribution in [3.8, 4) is 0 Å². The molecule has 0 rings (SSSR count). The summed E-state index contributed by atoms with van der Waals surface area (Å²) < 4.78 is 32.7. The van der Waals surface area contributed by atoms with Crippen molar-refractivity contribution in [3.05, 3.63) is 24.3 Å². The van der Waals surface area contributed by atoms with E-state index in [2.05, 4.69) is 42.7 Å². The third kappa shape index (κ3) is 38.6. The third-order valence-electron chi connectivity index (χ3n) is 9.42. The number of allylic oxidation sites excluding steroid dienone is 4. The van der Waals surface area contributed by atoms with Crippen molar-refractivity contribution in [3.63, 3.8) is 0 Å². The molecule has 0 spiro atoms. The van der Waals surface area contributed by atoms with Crippen LogP contribution in [-0.2, 0) is 37.5 Å². The van der Waals surface area contributed by atoms with Crippen LogP contribution in [0.5, 0.6) is 0 Å². The summed E-state index contributed by atoms with van der Waals surface area (Å²) in [5.74, 6) is -2.39. The standard InChI is InChI=1S/C43H80NO10P/c1-3-5-7-9-11-13-15-17-19-20-21-23-25-27-29-31-33-35-42(46)54-39(37-52-55(49,50)53-38-40(44)43(47)48)36-51-41(45)34-32-30-28-26-24-22-18-16-14-12-10-8-6-4-2/h13,15-16,18,39-40H,3-12,14,17,19-38,44H2,1-2H3,(H,47,48)(H,49,50)/b15-13+,18-16+/t39-,40+/m1/s1. The van der Waals surface area contributed by atoms with E-state index < -0.39 is 51.1 Å². The highest BCUT2D eigenvalue weighted by Crippen LogP contribution is 2.43. The van der Waals surface area contributed by atoms with Gasteiger partial charge in [0.1, 0.15) is 12.6 Å². The van der Waals surface area contributed by atoms with Crippen molar-refractivity contribution in [1.29, 1.82) is 0 Å². The molecule has 0 amide bonds. The van der Waals surface area contributed by atoms with Gasteiger partial charge >= 0.3 is 25.7 Å². The normalized spacial score (nSPS) is 14.0. The monoisotopic (exact) mass is 802 g/mol. The predicted octanol–water partition coefficient (Wildman–Crippen LogP) is 11.5. The van der Waals surface area contributed by atoms with E-state index >= 15 is 0 Å². The Bertz CT molecular complexity index is 1040. The number of nitrogens with two attached hydrogens (primary N) is 1. The molecule has 0 aliphatic carbocycles. The van der Waals surface area contributed by atoms with E-state index in [0.29, 0.717) is 12.8 Å². The van der Waals surface area contributed by atoms with Gasteiger partial charge in [-0.05, 0) is 64.2 Å². The van der Waals surface area contributed by atoms with E-state index in [1.807, 2.05) is 0 Å². The molecule has 0 aromatic carbocycles. The Kier molecular flexibility index (Phi) is 37.4. The Morgan fingerprint density at radius 2 is 0.909 bits per heavy atom. The van der Waals surface area contributed by atoms with Crippen LogP contribution in [-0.4, -0.2) is 59.9 Å². The Morgan fingerprint density at radius 1 is 0.545 bits per heavy atom. The van der Waals surface area contributed by atoms with Gasteiger partial charge in [0.15, 0.2) is 6.10 Å². The smallest absolute Gasteiger partial charge is 0.472 e. The summed E-state index contributed by atoms with van der Waals surface area (Å²) in [6, 6.07) is -1.52. The molecule has 0 aliphatic heterocycles. The summed E-state index contributed by atoms with van der Waals surface area (Å²) in [5.41, 5.74) is 5.33. The molecule has 1 unspecified atom stereocenters. The lowest BCUT2D eigenvalue weighted by molar-refractivity contribution is -0.161. The second-order valence-electron chi connectivity index (χ2n) is 14.8. The predicted molar refractivity (Wildman–Crippen MR) is 222 cm³/mol. The summed E-state index contributed by atoms with van der Waals surface area (Å²) in [5, 5.41) is 8.88. The highest BCUT2D eigenvalue weighted by atomic mass is 31.2. The van der Waals surface area contributed by atoms with E-state index in [4.69, 9.17) is 24.8 Å². The van der Waals surface area contributed by atoms with Crippen LogP contribution < -0.4 is 5.73 Å². The van der Waals surface area contributed by atoms with E-state index in [0.717, 1.165) is 57.8 Å². The molecule has 0 aromatic heterocycles. The van der Waals surface area contributed by atoms with Gasteiger partial charge in [0.25, 0.3) is 0 Å². The van der Waals surface area contributed by atoms with Gasteiger partial charge < -0.3 is 25.2 Å². The highest BCUT2D eigenvalue weighted by Gasteiger charge is 2.28. The number of rotatable bonds is 41. The largest absolute Gasteiger partial charge is 0.480 e. The molecule has 0 heterocycles. The first kappa shape index (κ1) is 53.0. The zero-order valence-electron chi connectivity index (χ0n) is 34.8. The molecule has 4 N–H and O–H groups in total. The Balaban J connectivity index is 4.36. The number of carboxylic acid groups (broad SMARTS) is 1. The molecule has 0 aliphatic rings. The number of hydrogen-bond donors (Lipinski definition) is 3. The van der Waals surface area contributed by atoms with Gasteiger partial charge in [-0.25, -0.2) is 4.57 Å². The van der Waals surface area contributed by atoms with E-state index in [1.54, 1.807) is 0 Å². The third-order valence-corrected chi connectivity index (χ3v) is 10.4. The van der Waals surface area contributed by atoms with Crippen LogP contribution in [0.4, 0.5) is 0 Å². The molecule has 0 radical (unpaired) electrons. The average molecular weight is 802 g/mol. The Hall–Kier alpha value is -2.04. The van der Waals surface area contributed by atoms with E-state index in [-0.39, 0.29) is 19.4 Å². The number of hydrogen-bond acceptors (Lipinski definition) is 9. The van der Waals surface area contributed by atoms with Crippen LogP contribution in [0.1, 0.15) is 200 Å². The lowest BCUT2D eigenvalue weighted by atomic mass is 10.1. The number of phosphoric acid groups is 1. The van der Waals surface area contributed by atoms with Crippen molar-refractivity contribution in [1.82, 2.24) is 0 Å². The van der Waals surface area contributed by atoms with Crippen LogP contribution in [0.2, 0.25) is 0 Å². The molecule has 11 nitrogen and oxygen atoms in total. The zero-order valence-corrected chi connectivity index (χ0v) is 35.7. The molecule has 3 atom stereocenters. The molecule has 0 aromatic rings. The lowest BCUT2D eigenvalue weighted by Crippen LogP contribution is -2.34. The minimum atomic E-state index is -4.71. The summed E-state index contributed by atoms with van der Waals surface area (Å²) in [7, 11) is -4.71. The molecular formula is C43H80NO10P. The molecule has 322 valence electrons. The molecular weight excluding hydrogens is 721 g/mol. The quantitative estimate of drug-likeness (QED) is 0.0232. The molecule has 0 saturated carbocycles. The Labute approximate surface area is 334 Å². The first-order valence-electron chi connectivity index (χ1n) is 21.9. The van der Waals surface area contributed by atoms with Gasteiger partial charge in [0.05, 0.1) is 13.2 Å². The number of esters is 2.